The SMILES string of the molecule is CC(C)(C)OC(=O)N1[C@H](CN/C=C(\N)c2ccc(-c3ccc4cc(/C(N)=C/NC5CC56CCC5(CC5)N6C(=O)OC(C)(C)C)ccc4c3)cc2)CCC12CC2. The average molecular weight is 747 g/mol. The minimum atomic E-state index is -0.517. The molecular formula is C45H58N6O4. The Morgan fingerprint density at radius 2 is 1.31 bits per heavy atom. The first-order chi connectivity index (χ1) is 26.0. The third kappa shape index (κ3) is 7.32. The molecular weight excluding hydrogens is 689 g/mol. The molecule has 3 atom stereocenters. The zero-order valence-corrected chi connectivity index (χ0v) is 33.3. The molecule has 2 saturated heterocycles. The van der Waals surface area contributed by atoms with E-state index >= 15 is 0 Å². The molecule has 2 heterocycles. The molecule has 3 aromatic carbocycles. The number of nitrogens with two attached hydrogens (primary N) is 2. The van der Waals surface area contributed by atoms with Crippen molar-refractivity contribution in [3.8, 4) is 11.1 Å². The Labute approximate surface area is 325 Å². The van der Waals surface area contributed by atoms with Crippen molar-refractivity contribution in [1.29, 1.82) is 0 Å². The van der Waals surface area contributed by atoms with Crippen LogP contribution in [0, 0.1) is 0 Å². The molecule has 0 radical (unpaired) electrons. The monoisotopic (exact) mass is 746 g/mol. The molecule has 5 fully saturated rings. The van der Waals surface area contributed by atoms with E-state index in [1.807, 2.05) is 71.0 Å². The topological polar surface area (TPSA) is 135 Å². The smallest absolute Gasteiger partial charge is 0.411 e. The highest BCUT2D eigenvalue weighted by Gasteiger charge is 2.72. The van der Waals surface area contributed by atoms with Crippen LogP contribution in [0.25, 0.3) is 33.3 Å². The fourth-order valence-corrected chi connectivity index (χ4v) is 9.15. The molecule has 10 heteroatoms. The first-order valence-corrected chi connectivity index (χ1v) is 20.1. The Hall–Kier alpha value is -4.86. The van der Waals surface area contributed by atoms with Crippen LogP contribution in [0.4, 0.5) is 9.59 Å². The van der Waals surface area contributed by atoms with Crippen LogP contribution in [-0.4, -0.2) is 68.4 Å². The molecule has 5 aliphatic rings. The molecule has 3 saturated carbocycles. The lowest BCUT2D eigenvalue weighted by Crippen LogP contribution is -2.49. The molecule has 55 heavy (non-hydrogen) atoms. The maximum Gasteiger partial charge on any atom is 0.411 e. The van der Waals surface area contributed by atoms with E-state index in [1.54, 1.807) is 0 Å². The van der Waals surface area contributed by atoms with Crippen LogP contribution in [0.5, 0.6) is 0 Å². The van der Waals surface area contributed by atoms with Gasteiger partial charge in [-0.1, -0.05) is 48.5 Å². The number of fused-ring (bicyclic) bond motifs is 1. The molecule has 2 aliphatic heterocycles. The van der Waals surface area contributed by atoms with Crippen LogP contribution in [0.2, 0.25) is 0 Å². The van der Waals surface area contributed by atoms with Gasteiger partial charge in [-0.3, -0.25) is 9.80 Å². The Balaban J connectivity index is 0.878. The number of benzene rings is 3. The molecule has 3 aliphatic carbocycles. The van der Waals surface area contributed by atoms with Crippen molar-refractivity contribution < 1.29 is 19.1 Å². The number of rotatable bonds is 8. The second-order valence-electron chi connectivity index (χ2n) is 18.8. The first-order valence-electron chi connectivity index (χ1n) is 20.1. The minimum absolute atomic E-state index is 0.0146. The summed E-state index contributed by atoms with van der Waals surface area (Å²) >= 11 is 0. The third-order valence-electron chi connectivity index (χ3n) is 12.4. The third-order valence-corrected chi connectivity index (χ3v) is 12.4. The summed E-state index contributed by atoms with van der Waals surface area (Å²) < 4.78 is 11.6. The summed E-state index contributed by atoms with van der Waals surface area (Å²) in [6.45, 7) is 12.2. The van der Waals surface area contributed by atoms with E-state index in [-0.39, 0.29) is 40.9 Å². The number of hydrogen-bond donors (Lipinski definition) is 4. The summed E-state index contributed by atoms with van der Waals surface area (Å²) in [5, 5.41) is 9.19. The van der Waals surface area contributed by atoms with Gasteiger partial charge in [-0.2, -0.15) is 0 Å². The summed E-state index contributed by atoms with van der Waals surface area (Å²) in [6, 6.07) is 21.3. The van der Waals surface area contributed by atoms with Crippen molar-refractivity contribution in [3.05, 3.63) is 84.2 Å². The normalized spacial score (nSPS) is 25.1. The number of carbonyl (C=O) groups excluding carboxylic acids is 2. The van der Waals surface area contributed by atoms with Gasteiger partial charge in [-0.15, -0.1) is 0 Å². The van der Waals surface area contributed by atoms with Crippen LogP contribution in [0.1, 0.15) is 110 Å². The van der Waals surface area contributed by atoms with Crippen LogP contribution in [0.3, 0.4) is 0 Å². The fourth-order valence-electron chi connectivity index (χ4n) is 9.15. The maximum absolute atomic E-state index is 13.3. The highest BCUT2D eigenvalue weighted by atomic mass is 16.6. The van der Waals surface area contributed by atoms with Gasteiger partial charge in [0.15, 0.2) is 0 Å². The molecule has 6 N–H and O–H groups in total. The maximum atomic E-state index is 13.3. The van der Waals surface area contributed by atoms with Gasteiger partial charge in [0.05, 0.1) is 29.0 Å². The molecule has 10 nitrogen and oxygen atoms in total. The van der Waals surface area contributed by atoms with E-state index in [4.69, 9.17) is 20.9 Å². The molecule has 3 aromatic rings. The van der Waals surface area contributed by atoms with Crippen molar-refractivity contribution in [1.82, 2.24) is 20.4 Å². The standard InChI is InChI=1S/C45H58N6O4/c1-41(2,3)54-39(52)50-35(15-16-43(50)17-18-43)26-48-27-36(46)30-9-7-29(8-10-30)31-11-12-33-24-34(14-13-32(33)23-31)37(47)28-49-38-25-45(38)22-21-44(19-20-44)51(45)40(53)55-42(4,5)6/h7-14,23-24,27-28,35,38,48-49H,15-22,25-26,46-47H2,1-6H3/b36-27-,37-28-/t35-,38?,45?/m0/s1. The van der Waals surface area contributed by atoms with Crippen molar-refractivity contribution in [2.24, 2.45) is 11.5 Å². The molecule has 8 rings (SSSR count). The van der Waals surface area contributed by atoms with Gasteiger partial charge >= 0.3 is 12.2 Å². The second kappa shape index (κ2) is 13.1. The van der Waals surface area contributed by atoms with Gasteiger partial charge in [0.25, 0.3) is 0 Å². The van der Waals surface area contributed by atoms with Crippen LogP contribution in [-0.2, 0) is 9.47 Å². The quantitative estimate of drug-likeness (QED) is 0.181. The highest BCUT2D eigenvalue weighted by Crippen LogP contribution is 2.64. The van der Waals surface area contributed by atoms with Crippen molar-refractivity contribution >= 4 is 34.4 Å². The fraction of sp³-hybridized carbons (Fsp3) is 0.511. The number of nitrogens with one attached hydrogen (secondary N) is 2. The second-order valence-corrected chi connectivity index (χ2v) is 18.8. The van der Waals surface area contributed by atoms with Gasteiger partial charge in [0.1, 0.15) is 11.2 Å². The molecule has 0 aromatic heterocycles. The zero-order chi connectivity index (χ0) is 39.0. The van der Waals surface area contributed by atoms with Gasteiger partial charge in [-0.05, 0) is 144 Å². The Morgan fingerprint density at radius 1 is 0.727 bits per heavy atom. The Morgan fingerprint density at radius 3 is 1.98 bits per heavy atom. The van der Waals surface area contributed by atoms with Crippen LogP contribution < -0.4 is 22.1 Å². The van der Waals surface area contributed by atoms with Gasteiger partial charge < -0.3 is 31.6 Å². The largest absolute Gasteiger partial charge is 0.444 e. The van der Waals surface area contributed by atoms with Crippen molar-refractivity contribution in [2.45, 2.75) is 139 Å². The minimum Gasteiger partial charge on any atom is -0.444 e. The molecule has 0 bridgehead atoms. The molecule has 3 spiro atoms. The number of carbonyl (C=O) groups is 2. The van der Waals surface area contributed by atoms with Crippen molar-refractivity contribution in [2.75, 3.05) is 6.54 Å². The summed E-state index contributed by atoms with van der Waals surface area (Å²) in [5.41, 5.74) is 17.3. The summed E-state index contributed by atoms with van der Waals surface area (Å²) in [7, 11) is 0. The lowest BCUT2D eigenvalue weighted by atomic mass is 9.98. The number of likely N-dealkylation sites (tertiary alicyclic amines) is 2. The number of hydrogen-bond acceptors (Lipinski definition) is 8. The summed E-state index contributed by atoms with van der Waals surface area (Å²) in [4.78, 5) is 30.5. The molecule has 2 amide bonds. The molecule has 2 unspecified atom stereocenters. The van der Waals surface area contributed by atoms with Gasteiger partial charge in [0.2, 0.25) is 0 Å². The van der Waals surface area contributed by atoms with E-state index in [9.17, 15) is 9.59 Å². The Bertz CT molecular complexity index is 2050. The van der Waals surface area contributed by atoms with Crippen LogP contribution >= 0.6 is 0 Å². The van der Waals surface area contributed by atoms with Crippen molar-refractivity contribution in [3.63, 3.8) is 0 Å². The lowest BCUT2D eigenvalue weighted by molar-refractivity contribution is 0.00780. The van der Waals surface area contributed by atoms with E-state index in [0.29, 0.717) is 17.9 Å². The van der Waals surface area contributed by atoms with E-state index in [1.165, 1.54) is 0 Å². The first kappa shape index (κ1) is 37.1. The predicted molar refractivity (Wildman–Crippen MR) is 218 cm³/mol. The van der Waals surface area contributed by atoms with E-state index in [2.05, 4.69) is 64.1 Å². The number of amides is 2. The highest BCUT2D eigenvalue weighted by molar-refractivity contribution is 5.90. The van der Waals surface area contributed by atoms with Gasteiger partial charge in [0, 0.05) is 30.0 Å². The number of nitrogens with zero attached hydrogens (tertiary/aromatic N) is 2. The molecule has 292 valence electrons. The summed E-state index contributed by atoms with van der Waals surface area (Å²) in [5.74, 6) is 0. The predicted octanol–water partition coefficient (Wildman–Crippen LogP) is 8.21. The zero-order valence-electron chi connectivity index (χ0n) is 33.3. The van der Waals surface area contributed by atoms with E-state index < -0.39 is 11.2 Å². The van der Waals surface area contributed by atoms with Crippen LogP contribution in [0.15, 0.2) is 73.1 Å². The summed E-state index contributed by atoms with van der Waals surface area (Å²) in [6.07, 6.45) is 12.5. The Kier molecular flexibility index (Phi) is 8.85. The number of ether oxygens (including phenoxy) is 2. The van der Waals surface area contributed by atoms with Gasteiger partial charge in [-0.25, -0.2) is 9.59 Å². The average Bonchev–Trinajstić information content (AvgIpc) is 4.06. The lowest BCUT2D eigenvalue weighted by Gasteiger charge is -2.33. The van der Waals surface area contributed by atoms with E-state index in [0.717, 1.165) is 90.8 Å².